The Morgan fingerprint density at radius 1 is 1.06 bits per heavy atom. The molecule has 0 spiro atoms. The Hall–Kier alpha value is -4.73. The van der Waals surface area contributed by atoms with Crippen molar-refractivity contribution in [1.82, 2.24) is 14.5 Å². The highest BCUT2D eigenvalue weighted by Crippen LogP contribution is 2.21. The number of nitrogens with zero attached hydrogens (tertiary/aromatic N) is 4. The van der Waals surface area contributed by atoms with E-state index in [1.165, 1.54) is 4.90 Å². The first-order valence-corrected chi connectivity index (χ1v) is 10.9. The quantitative estimate of drug-likeness (QED) is 0.340. The van der Waals surface area contributed by atoms with Crippen LogP contribution in [0.4, 0.5) is 11.5 Å². The summed E-state index contributed by atoms with van der Waals surface area (Å²) in [7, 11) is 1.89. The lowest BCUT2D eigenvalue weighted by Gasteiger charge is -2.21. The molecule has 10 heteroatoms. The molecule has 0 aliphatic rings. The maximum Gasteiger partial charge on any atom is 0.305 e. The van der Waals surface area contributed by atoms with Gasteiger partial charge in [-0.15, -0.1) is 0 Å². The Morgan fingerprint density at radius 3 is 2.46 bits per heavy atom. The van der Waals surface area contributed by atoms with Crippen molar-refractivity contribution < 1.29 is 19.5 Å². The van der Waals surface area contributed by atoms with E-state index in [9.17, 15) is 14.4 Å². The summed E-state index contributed by atoms with van der Waals surface area (Å²) < 4.78 is 1.93. The number of aliphatic carboxylic acids is 1. The minimum atomic E-state index is -1.000. The minimum Gasteiger partial charge on any atom is -0.481 e. The Bertz CT molecular complexity index is 1380. The van der Waals surface area contributed by atoms with Crippen LogP contribution in [-0.2, 0) is 18.4 Å². The van der Waals surface area contributed by atoms with Crippen LogP contribution < -0.4 is 16.0 Å². The van der Waals surface area contributed by atoms with Crippen LogP contribution in [0.3, 0.4) is 0 Å². The Morgan fingerprint density at radius 2 is 1.80 bits per heavy atom. The number of aromatic nitrogens is 3. The predicted octanol–water partition coefficient (Wildman–Crippen LogP) is 2.80. The van der Waals surface area contributed by atoms with Gasteiger partial charge < -0.3 is 20.7 Å². The predicted molar refractivity (Wildman–Crippen MR) is 131 cm³/mol. The number of aryl methyl sites for hydroxylation is 1. The summed E-state index contributed by atoms with van der Waals surface area (Å²) in [6, 6.07) is 17.2. The molecule has 178 valence electrons. The lowest BCUT2D eigenvalue weighted by molar-refractivity contribution is -0.136. The zero-order valence-corrected chi connectivity index (χ0v) is 19.0. The number of carboxylic acid groups (broad SMARTS) is 1. The van der Waals surface area contributed by atoms with Crippen LogP contribution in [0.2, 0.25) is 0 Å². The minimum absolute atomic E-state index is 0.00481. The van der Waals surface area contributed by atoms with E-state index in [4.69, 9.17) is 10.8 Å². The van der Waals surface area contributed by atoms with E-state index in [2.05, 4.69) is 15.3 Å². The van der Waals surface area contributed by atoms with Gasteiger partial charge in [0.1, 0.15) is 11.6 Å². The first-order valence-electron chi connectivity index (χ1n) is 10.9. The molecule has 4 aromatic rings. The first-order chi connectivity index (χ1) is 16.8. The number of imidazole rings is 1. The molecule has 2 heterocycles. The molecule has 0 radical (unpaired) electrons. The van der Waals surface area contributed by atoms with Crippen molar-refractivity contribution in [2.45, 2.75) is 13.0 Å². The van der Waals surface area contributed by atoms with Gasteiger partial charge in [0.05, 0.1) is 24.0 Å². The molecule has 0 aliphatic carbocycles. The highest BCUT2D eigenvalue weighted by atomic mass is 16.4. The van der Waals surface area contributed by atoms with E-state index >= 15 is 0 Å². The van der Waals surface area contributed by atoms with E-state index in [1.54, 1.807) is 60.8 Å². The second-order valence-electron chi connectivity index (χ2n) is 7.87. The van der Waals surface area contributed by atoms with E-state index in [-0.39, 0.29) is 18.9 Å². The van der Waals surface area contributed by atoms with Crippen molar-refractivity contribution in [2.75, 3.05) is 16.8 Å². The third-order valence-electron chi connectivity index (χ3n) is 5.56. The number of rotatable bonds is 9. The molecule has 35 heavy (non-hydrogen) atoms. The number of pyridine rings is 1. The van der Waals surface area contributed by atoms with Gasteiger partial charge >= 0.3 is 5.97 Å². The van der Waals surface area contributed by atoms with Crippen LogP contribution in [0.1, 0.15) is 33.0 Å². The normalized spacial score (nSPS) is 10.8. The van der Waals surface area contributed by atoms with Gasteiger partial charge in [0, 0.05) is 36.6 Å². The van der Waals surface area contributed by atoms with Gasteiger partial charge in [0.15, 0.2) is 0 Å². The zero-order valence-electron chi connectivity index (χ0n) is 19.0. The van der Waals surface area contributed by atoms with Crippen LogP contribution in [0.25, 0.3) is 11.0 Å². The number of amides is 2. The van der Waals surface area contributed by atoms with Crippen LogP contribution in [0, 0.1) is 0 Å². The standard InChI is InChI=1S/C25H24N6O4/c1-30-20-10-7-17(25(35)31(13-11-23(32)33)21-4-2-3-12-27-21)14-19(20)29-22(30)15-28-18-8-5-16(6-9-18)24(26)34/h2-10,12,14,28H,11,13,15H2,1H3,(H2,26,34)(H,32,33). The van der Waals surface area contributed by atoms with Crippen molar-refractivity contribution in [3.63, 3.8) is 0 Å². The molecule has 0 fully saturated rings. The summed E-state index contributed by atoms with van der Waals surface area (Å²) in [6.45, 7) is 0.415. The second-order valence-corrected chi connectivity index (χ2v) is 7.87. The molecule has 10 nitrogen and oxygen atoms in total. The molecular weight excluding hydrogens is 448 g/mol. The molecule has 0 unspecified atom stereocenters. The number of benzene rings is 2. The number of carbonyl (C=O) groups is 3. The molecular formula is C25H24N6O4. The van der Waals surface area contributed by atoms with Gasteiger partial charge in [0.2, 0.25) is 5.91 Å². The van der Waals surface area contributed by atoms with Gasteiger partial charge in [-0.2, -0.15) is 0 Å². The lowest BCUT2D eigenvalue weighted by atomic mass is 10.1. The van der Waals surface area contributed by atoms with E-state index in [1.807, 2.05) is 17.7 Å². The van der Waals surface area contributed by atoms with Crippen LogP contribution in [-0.4, -0.2) is 44.0 Å². The lowest BCUT2D eigenvalue weighted by Crippen LogP contribution is -2.33. The molecule has 2 amide bonds. The number of nitrogens with two attached hydrogens (primary N) is 1. The fourth-order valence-corrected chi connectivity index (χ4v) is 3.67. The van der Waals surface area contributed by atoms with Crippen molar-refractivity contribution in [3.05, 3.63) is 83.8 Å². The van der Waals surface area contributed by atoms with Gasteiger partial charge in [-0.05, 0) is 54.6 Å². The van der Waals surface area contributed by atoms with E-state index in [0.717, 1.165) is 17.0 Å². The Labute approximate surface area is 201 Å². The van der Waals surface area contributed by atoms with Crippen LogP contribution in [0.15, 0.2) is 66.9 Å². The fraction of sp³-hybridized carbons (Fsp3) is 0.160. The third-order valence-corrected chi connectivity index (χ3v) is 5.56. The summed E-state index contributed by atoms with van der Waals surface area (Å²) in [5.74, 6) is -0.711. The Kier molecular flexibility index (Phi) is 6.72. The van der Waals surface area contributed by atoms with Gasteiger partial charge in [-0.1, -0.05) is 6.07 Å². The number of primary amides is 1. The van der Waals surface area contributed by atoms with E-state index in [0.29, 0.717) is 29.0 Å². The highest BCUT2D eigenvalue weighted by Gasteiger charge is 2.21. The number of anilines is 2. The van der Waals surface area contributed by atoms with Crippen molar-refractivity contribution in [2.24, 2.45) is 12.8 Å². The molecule has 2 aromatic carbocycles. The van der Waals surface area contributed by atoms with Gasteiger partial charge in [-0.25, -0.2) is 9.97 Å². The van der Waals surface area contributed by atoms with Crippen LogP contribution in [0.5, 0.6) is 0 Å². The maximum atomic E-state index is 13.3. The number of hydrogen-bond acceptors (Lipinski definition) is 6. The molecule has 4 N–H and O–H groups in total. The molecule has 2 aromatic heterocycles. The average Bonchev–Trinajstić information content (AvgIpc) is 3.18. The van der Waals surface area contributed by atoms with Crippen molar-refractivity contribution in [3.8, 4) is 0 Å². The largest absolute Gasteiger partial charge is 0.481 e. The number of hydrogen-bond donors (Lipinski definition) is 3. The van der Waals surface area contributed by atoms with Gasteiger partial charge in [0.25, 0.3) is 5.91 Å². The molecule has 4 rings (SSSR count). The summed E-state index contributed by atoms with van der Waals surface area (Å²) in [6.07, 6.45) is 1.35. The summed E-state index contributed by atoms with van der Waals surface area (Å²) in [5.41, 5.74) is 8.38. The molecule has 0 saturated heterocycles. The molecule has 0 saturated carbocycles. The molecule has 0 atom stereocenters. The van der Waals surface area contributed by atoms with Crippen molar-refractivity contribution >= 4 is 40.3 Å². The molecule has 0 bridgehead atoms. The van der Waals surface area contributed by atoms with Crippen molar-refractivity contribution in [1.29, 1.82) is 0 Å². The van der Waals surface area contributed by atoms with E-state index < -0.39 is 11.9 Å². The number of fused-ring (bicyclic) bond motifs is 1. The third kappa shape index (κ3) is 5.27. The Balaban J connectivity index is 1.56. The smallest absolute Gasteiger partial charge is 0.305 e. The number of carbonyl (C=O) groups excluding carboxylic acids is 2. The second kappa shape index (κ2) is 10.0. The number of nitrogens with one attached hydrogen (secondary N) is 1. The zero-order chi connectivity index (χ0) is 24.9. The molecule has 0 aliphatic heterocycles. The van der Waals surface area contributed by atoms with Gasteiger partial charge in [-0.3, -0.25) is 19.3 Å². The number of carboxylic acids is 1. The monoisotopic (exact) mass is 472 g/mol. The maximum absolute atomic E-state index is 13.3. The summed E-state index contributed by atoms with van der Waals surface area (Å²) >= 11 is 0. The first kappa shape index (κ1) is 23.4. The summed E-state index contributed by atoms with van der Waals surface area (Å²) in [4.78, 5) is 45.9. The fourth-order valence-electron chi connectivity index (χ4n) is 3.67. The SMILES string of the molecule is Cn1c(CNc2ccc(C(N)=O)cc2)nc2cc(C(=O)N(CCC(=O)O)c3ccccn3)ccc21. The topological polar surface area (TPSA) is 143 Å². The average molecular weight is 473 g/mol. The summed E-state index contributed by atoms with van der Waals surface area (Å²) in [5, 5.41) is 12.4. The highest BCUT2D eigenvalue weighted by molar-refractivity contribution is 6.07. The van der Waals surface area contributed by atoms with Crippen LogP contribution >= 0.6 is 0 Å².